The maximum Gasteiger partial charge on any atom is 0.193 e. The topological polar surface area (TPSA) is 68.2 Å². The second-order valence-corrected chi connectivity index (χ2v) is 4.14. The lowest BCUT2D eigenvalue weighted by Gasteiger charge is -2.06. The van der Waals surface area contributed by atoms with Crippen molar-refractivity contribution in [1.29, 1.82) is 0 Å². The van der Waals surface area contributed by atoms with Gasteiger partial charge in [-0.3, -0.25) is 4.68 Å². The third kappa shape index (κ3) is 3.10. The van der Waals surface area contributed by atoms with Gasteiger partial charge in [-0.15, -0.1) is 0 Å². The van der Waals surface area contributed by atoms with Crippen LogP contribution < -0.4 is 11.1 Å². The highest BCUT2D eigenvalue weighted by Crippen LogP contribution is 2.09. The molecule has 0 atom stereocenters. The molecule has 1 aromatic carbocycles. The second kappa shape index (κ2) is 5.35. The first-order chi connectivity index (χ1) is 8.65. The van der Waals surface area contributed by atoms with E-state index in [1.165, 1.54) is 5.56 Å². The minimum Gasteiger partial charge on any atom is -0.370 e. The molecule has 2 rings (SSSR count). The number of rotatable bonds is 3. The molecule has 3 N–H and O–H groups in total. The van der Waals surface area contributed by atoms with Crippen molar-refractivity contribution in [2.45, 2.75) is 13.5 Å². The minimum atomic E-state index is 0.404. The zero-order chi connectivity index (χ0) is 13.0. The monoisotopic (exact) mass is 243 g/mol. The highest BCUT2D eigenvalue weighted by Gasteiger charge is 1.98. The van der Waals surface area contributed by atoms with Crippen LogP contribution in [0.5, 0.6) is 0 Å². The molecule has 0 radical (unpaired) electrons. The van der Waals surface area contributed by atoms with E-state index in [-0.39, 0.29) is 0 Å². The van der Waals surface area contributed by atoms with Gasteiger partial charge in [0.05, 0.1) is 12.2 Å². The van der Waals surface area contributed by atoms with Gasteiger partial charge in [-0.25, -0.2) is 4.99 Å². The fourth-order valence-corrected chi connectivity index (χ4v) is 1.63. The first-order valence-corrected chi connectivity index (χ1v) is 5.75. The molecule has 5 heteroatoms. The third-order valence-electron chi connectivity index (χ3n) is 2.62. The second-order valence-electron chi connectivity index (χ2n) is 4.14. The molecule has 0 saturated carbocycles. The number of aryl methyl sites for hydroxylation is 2. The summed E-state index contributed by atoms with van der Waals surface area (Å²) in [7, 11) is 1.88. The molecule has 0 spiro atoms. The van der Waals surface area contributed by atoms with Gasteiger partial charge in [0.15, 0.2) is 5.96 Å². The van der Waals surface area contributed by atoms with Crippen molar-refractivity contribution >= 4 is 11.6 Å². The Morgan fingerprint density at radius 3 is 2.94 bits per heavy atom. The van der Waals surface area contributed by atoms with Crippen LogP contribution in [0, 0.1) is 6.92 Å². The molecule has 18 heavy (non-hydrogen) atoms. The number of nitrogens with one attached hydrogen (secondary N) is 1. The van der Waals surface area contributed by atoms with E-state index in [1.807, 2.05) is 44.3 Å². The van der Waals surface area contributed by atoms with Crippen molar-refractivity contribution in [3.63, 3.8) is 0 Å². The van der Waals surface area contributed by atoms with Crippen LogP contribution in [0.15, 0.2) is 41.5 Å². The van der Waals surface area contributed by atoms with E-state index in [9.17, 15) is 0 Å². The Morgan fingerprint density at radius 1 is 1.44 bits per heavy atom. The summed E-state index contributed by atoms with van der Waals surface area (Å²) in [6, 6.07) is 9.91. The molecule has 5 nitrogen and oxygen atoms in total. The van der Waals surface area contributed by atoms with Crippen LogP contribution in [0.2, 0.25) is 0 Å². The van der Waals surface area contributed by atoms with E-state index in [1.54, 1.807) is 10.9 Å². The first-order valence-electron chi connectivity index (χ1n) is 5.75. The molecule has 0 aliphatic rings. The molecule has 0 fully saturated rings. The van der Waals surface area contributed by atoms with E-state index < -0.39 is 0 Å². The molecule has 0 unspecified atom stereocenters. The van der Waals surface area contributed by atoms with Crippen molar-refractivity contribution < 1.29 is 0 Å². The molecule has 0 aliphatic heterocycles. The Bertz CT molecular complexity index is 556. The lowest BCUT2D eigenvalue weighted by Crippen LogP contribution is -2.22. The van der Waals surface area contributed by atoms with Gasteiger partial charge >= 0.3 is 0 Å². The Hall–Kier alpha value is -2.30. The summed E-state index contributed by atoms with van der Waals surface area (Å²) in [4.78, 5) is 4.27. The van der Waals surface area contributed by atoms with Crippen LogP contribution in [-0.4, -0.2) is 15.7 Å². The fourth-order valence-electron chi connectivity index (χ4n) is 1.63. The highest BCUT2D eigenvalue weighted by molar-refractivity contribution is 5.92. The Labute approximate surface area is 106 Å². The summed E-state index contributed by atoms with van der Waals surface area (Å²) in [6.07, 6.45) is 1.75. The smallest absolute Gasteiger partial charge is 0.193 e. The van der Waals surface area contributed by atoms with E-state index in [0.29, 0.717) is 12.5 Å². The van der Waals surface area contributed by atoms with Crippen LogP contribution in [0.1, 0.15) is 11.3 Å². The summed E-state index contributed by atoms with van der Waals surface area (Å²) in [5, 5.41) is 7.14. The van der Waals surface area contributed by atoms with Crippen LogP contribution >= 0.6 is 0 Å². The Morgan fingerprint density at radius 2 is 2.28 bits per heavy atom. The molecule has 1 aromatic heterocycles. The number of benzene rings is 1. The van der Waals surface area contributed by atoms with E-state index >= 15 is 0 Å². The lowest BCUT2D eigenvalue weighted by molar-refractivity contribution is 0.712. The molecule has 0 aliphatic carbocycles. The van der Waals surface area contributed by atoms with Crippen LogP contribution in [0.4, 0.5) is 5.69 Å². The van der Waals surface area contributed by atoms with Crippen molar-refractivity contribution in [2.24, 2.45) is 17.8 Å². The number of nitrogens with two attached hydrogens (primary N) is 1. The maximum atomic E-state index is 5.83. The number of nitrogens with zero attached hydrogens (tertiary/aromatic N) is 3. The van der Waals surface area contributed by atoms with Gasteiger partial charge in [0.2, 0.25) is 0 Å². The number of hydrogen-bond acceptors (Lipinski definition) is 2. The van der Waals surface area contributed by atoms with E-state index in [0.717, 1.165) is 11.4 Å². The van der Waals surface area contributed by atoms with Crippen molar-refractivity contribution in [2.75, 3.05) is 5.32 Å². The zero-order valence-electron chi connectivity index (χ0n) is 10.6. The number of hydrogen-bond donors (Lipinski definition) is 2. The van der Waals surface area contributed by atoms with Gasteiger partial charge in [-0.1, -0.05) is 12.1 Å². The molecule has 1 heterocycles. The van der Waals surface area contributed by atoms with Gasteiger partial charge in [0, 0.05) is 18.9 Å². The Kier molecular flexibility index (Phi) is 3.62. The van der Waals surface area contributed by atoms with Crippen LogP contribution in [0.3, 0.4) is 0 Å². The number of anilines is 1. The molecule has 0 amide bonds. The summed E-state index contributed by atoms with van der Waals surface area (Å²) >= 11 is 0. The summed E-state index contributed by atoms with van der Waals surface area (Å²) in [5.74, 6) is 0.404. The molecular weight excluding hydrogens is 226 g/mol. The molecule has 0 bridgehead atoms. The Balaban J connectivity index is 1.99. The van der Waals surface area contributed by atoms with Crippen LogP contribution in [0.25, 0.3) is 0 Å². The van der Waals surface area contributed by atoms with Crippen molar-refractivity contribution in [1.82, 2.24) is 9.78 Å². The predicted octanol–water partition coefficient (Wildman–Crippen LogP) is 1.66. The largest absolute Gasteiger partial charge is 0.370 e. The summed E-state index contributed by atoms with van der Waals surface area (Å²) < 4.78 is 1.78. The van der Waals surface area contributed by atoms with Gasteiger partial charge in [-0.05, 0) is 30.7 Å². The normalized spacial score (nSPS) is 11.6. The SMILES string of the molecule is Cc1cccc(NC(N)=NCc2ccnn2C)c1. The molecule has 0 saturated heterocycles. The molecular formula is C13H17N5. The van der Waals surface area contributed by atoms with Gasteiger partial charge in [-0.2, -0.15) is 5.10 Å². The first kappa shape index (κ1) is 12.2. The van der Waals surface area contributed by atoms with Crippen molar-refractivity contribution in [3.8, 4) is 0 Å². The standard InChI is InChI=1S/C13H17N5/c1-10-4-3-5-11(8-10)17-13(14)15-9-12-6-7-16-18(12)2/h3-8H,9H2,1-2H3,(H3,14,15,17). The predicted molar refractivity (Wildman–Crippen MR) is 73.3 cm³/mol. The minimum absolute atomic E-state index is 0.404. The van der Waals surface area contributed by atoms with Gasteiger partial charge in [0.25, 0.3) is 0 Å². The number of aliphatic imine (C=N–C) groups is 1. The molecule has 2 aromatic rings. The average Bonchev–Trinajstić information content (AvgIpc) is 2.72. The highest BCUT2D eigenvalue weighted by atomic mass is 15.3. The lowest BCUT2D eigenvalue weighted by atomic mass is 10.2. The number of aromatic nitrogens is 2. The van der Waals surface area contributed by atoms with E-state index in [2.05, 4.69) is 15.4 Å². The van der Waals surface area contributed by atoms with Gasteiger partial charge in [0.1, 0.15) is 0 Å². The maximum absolute atomic E-state index is 5.83. The average molecular weight is 243 g/mol. The van der Waals surface area contributed by atoms with Gasteiger partial charge < -0.3 is 11.1 Å². The third-order valence-corrected chi connectivity index (χ3v) is 2.62. The molecule has 94 valence electrons. The fraction of sp³-hybridized carbons (Fsp3) is 0.231. The summed E-state index contributed by atoms with van der Waals surface area (Å²) in [6.45, 7) is 2.55. The van der Waals surface area contributed by atoms with Crippen molar-refractivity contribution in [3.05, 3.63) is 47.8 Å². The summed E-state index contributed by atoms with van der Waals surface area (Å²) in [5.41, 5.74) is 8.97. The van der Waals surface area contributed by atoms with E-state index in [4.69, 9.17) is 5.73 Å². The van der Waals surface area contributed by atoms with Crippen LogP contribution in [-0.2, 0) is 13.6 Å². The zero-order valence-corrected chi connectivity index (χ0v) is 10.6. The number of guanidine groups is 1. The quantitative estimate of drug-likeness (QED) is 0.636.